The molecule has 1 unspecified atom stereocenters. The number of thioether (sulfide) groups is 1. The summed E-state index contributed by atoms with van der Waals surface area (Å²) in [6.07, 6.45) is 11.2. The van der Waals surface area contributed by atoms with Crippen molar-refractivity contribution in [2.45, 2.75) is 95.6 Å². The van der Waals surface area contributed by atoms with Gasteiger partial charge >= 0.3 is 10.4 Å². The number of carboxylic acids is 1. The quantitative estimate of drug-likeness (QED) is 0.225. The molecule has 9 heteroatoms. The molecule has 6 nitrogen and oxygen atoms in total. The van der Waals surface area contributed by atoms with Gasteiger partial charge in [-0.2, -0.15) is 5.26 Å². The van der Waals surface area contributed by atoms with Gasteiger partial charge in [0.05, 0.1) is 6.07 Å². The lowest BCUT2D eigenvalue weighted by atomic mass is 10.1. The van der Waals surface area contributed by atoms with Crippen molar-refractivity contribution in [3.63, 3.8) is 0 Å². The number of hydrogen-bond donors (Lipinski definition) is 1. The maximum atomic E-state index is 12.2. The van der Waals surface area contributed by atoms with E-state index in [4.69, 9.17) is 5.11 Å². The zero-order valence-electron chi connectivity index (χ0n) is 16.9. The fourth-order valence-corrected chi connectivity index (χ4v) is 7.43. The highest BCUT2D eigenvalue weighted by Gasteiger charge is 2.36. The number of carbonyl (C=O) groups is 2. The molecule has 0 spiro atoms. The van der Waals surface area contributed by atoms with Gasteiger partial charge in [-0.25, -0.2) is 8.42 Å². The van der Waals surface area contributed by atoms with E-state index in [2.05, 4.69) is 6.92 Å². The highest BCUT2D eigenvalue weighted by atomic mass is 33.1. The zero-order valence-corrected chi connectivity index (χ0v) is 19.4. The van der Waals surface area contributed by atoms with Crippen molar-refractivity contribution in [1.29, 1.82) is 5.26 Å². The number of rotatable bonds is 16. The molecule has 0 saturated carbocycles. The van der Waals surface area contributed by atoms with E-state index in [1.807, 2.05) is 6.07 Å². The normalized spacial score (nSPS) is 13.6. The molecule has 0 aliphatic rings. The lowest BCUT2D eigenvalue weighted by Gasteiger charge is -2.18. The van der Waals surface area contributed by atoms with Gasteiger partial charge in [-0.1, -0.05) is 76.5 Å². The van der Waals surface area contributed by atoms with Gasteiger partial charge < -0.3 is 5.11 Å². The summed E-state index contributed by atoms with van der Waals surface area (Å²) < 4.78 is 21.9. The lowest BCUT2D eigenvalue weighted by Crippen LogP contribution is -2.23. The van der Waals surface area contributed by atoms with E-state index in [1.54, 1.807) is 0 Å². The first-order chi connectivity index (χ1) is 13.2. The van der Waals surface area contributed by atoms with Crippen molar-refractivity contribution in [3.8, 4) is 6.07 Å². The maximum absolute atomic E-state index is 12.2. The van der Waals surface area contributed by atoms with Crippen LogP contribution >= 0.6 is 22.6 Å². The van der Waals surface area contributed by atoms with Crippen molar-refractivity contribution in [1.82, 2.24) is 0 Å². The van der Waals surface area contributed by atoms with Crippen LogP contribution in [0.25, 0.3) is 0 Å². The Balaban J connectivity index is 4.04. The topological polar surface area (TPSA) is 112 Å². The van der Waals surface area contributed by atoms with Crippen LogP contribution in [0.2, 0.25) is 0 Å². The second-order valence-corrected chi connectivity index (χ2v) is 12.5. The van der Waals surface area contributed by atoms with Gasteiger partial charge in [0.15, 0.2) is 0 Å². The molecular formula is C19H33NO5S3. The van der Waals surface area contributed by atoms with Crippen LogP contribution in [-0.2, 0) is 13.7 Å². The van der Waals surface area contributed by atoms with Gasteiger partial charge in [0.25, 0.3) is 8.87 Å². The van der Waals surface area contributed by atoms with E-state index in [0.29, 0.717) is 5.75 Å². The summed E-state index contributed by atoms with van der Waals surface area (Å²) in [4.78, 5) is 22.6. The molecule has 0 amide bonds. The van der Waals surface area contributed by atoms with E-state index in [1.165, 1.54) is 51.9 Å². The number of carboxylic acid groups (broad SMARTS) is 1. The van der Waals surface area contributed by atoms with Crippen molar-refractivity contribution in [3.05, 3.63) is 0 Å². The third kappa shape index (κ3) is 13.5. The van der Waals surface area contributed by atoms with Crippen molar-refractivity contribution in [2.24, 2.45) is 0 Å². The monoisotopic (exact) mass is 451 g/mol. The number of nitrogens with zero attached hydrogens (tertiary/aromatic N) is 1. The second-order valence-electron chi connectivity index (χ2n) is 7.05. The fourth-order valence-electron chi connectivity index (χ4n) is 2.55. The molecule has 1 atom stereocenters. The van der Waals surface area contributed by atoms with E-state index in [-0.39, 0.29) is 23.6 Å². The minimum absolute atomic E-state index is 0.140. The van der Waals surface area contributed by atoms with Gasteiger partial charge in [-0.3, -0.25) is 9.59 Å². The van der Waals surface area contributed by atoms with Crippen molar-refractivity contribution >= 4 is 41.8 Å². The summed E-state index contributed by atoms with van der Waals surface area (Å²) >= 11 is 0.763. The molecule has 0 bridgehead atoms. The molecule has 0 aromatic carbocycles. The molecule has 28 heavy (non-hydrogen) atoms. The number of nitriles is 1. The van der Waals surface area contributed by atoms with Gasteiger partial charge in [0.2, 0.25) is 0 Å². The molecule has 1 N–H and O–H groups in total. The third-order valence-corrected chi connectivity index (χ3v) is 9.83. The van der Waals surface area contributed by atoms with Gasteiger partial charge in [-0.15, -0.1) is 0 Å². The Morgan fingerprint density at radius 3 is 1.96 bits per heavy atom. The SMILES string of the molecule is CCCCCCCCCCCCSC(=O)S(=O)(=O)SC(C)(C#N)CCC(=O)O. The van der Waals surface area contributed by atoms with Crippen LogP contribution in [0.3, 0.4) is 0 Å². The van der Waals surface area contributed by atoms with Crippen molar-refractivity contribution < 1.29 is 23.1 Å². The first kappa shape index (κ1) is 27.3. The van der Waals surface area contributed by atoms with Crippen LogP contribution in [0.4, 0.5) is 4.79 Å². The number of carbonyl (C=O) groups excluding carboxylic acids is 1. The molecule has 0 radical (unpaired) electrons. The predicted octanol–water partition coefficient (Wildman–Crippen LogP) is 5.97. The molecule has 0 saturated heterocycles. The second kappa shape index (κ2) is 15.2. The number of hydrogen-bond acceptors (Lipinski definition) is 7. The highest BCUT2D eigenvalue weighted by molar-refractivity contribution is 8.81. The lowest BCUT2D eigenvalue weighted by molar-refractivity contribution is -0.137. The summed E-state index contributed by atoms with van der Waals surface area (Å²) in [6.45, 7) is 3.55. The first-order valence-corrected chi connectivity index (χ1v) is 13.7. The Bertz CT molecular complexity index is 616. The highest BCUT2D eigenvalue weighted by Crippen LogP contribution is 2.37. The molecule has 162 valence electrons. The van der Waals surface area contributed by atoms with Gasteiger partial charge in [-0.05, 0) is 30.6 Å². The van der Waals surface area contributed by atoms with Crippen LogP contribution in [0.1, 0.15) is 90.9 Å². The number of unbranched alkanes of at least 4 members (excludes halogenated alkanes) is 9. The Labute approximate surface area is 177 Å². The first-order valence-electron chi connectivity index (χ1n) is 9.92. The van der Waals surface area contributed by atoms with E-state index in [0.717, 1.165) is 31.0 Å². The smallest absolute Gasteiger partial charge is 0.313 e. The molecule has 0 aromatic heterocycles. The van der Waals surface area contributed by atoms with Crippen LogP contribution in [0.5, 0.6) is 0 Å². The zero-order chi connectivity index (χ0) is 21.5. The third-order valence-electron chi connectivity index (χ3n) is 4.27. The van der Waals surface area contributed by atoms with E-state index in [9.17, 15) is 23.3 Å². The molecular weight excluding hydrogens is 418 g/mol. The molecule has 0 aliphatic heterocycles. The Kier molecular flexibility index (Phi) is 14.8. The summed E-state index contributed by atoms with van der Waals surface area (Å²) in [5.74, 6) is -0.672. The molecule has 0 heterocycles. The number of aliphatic carboxylic acids is 1. The maximum Gasteiger partial charge on any atom is 0.313 e. The van der Waals surface area contributed by atoms with E-state index < -0.39 is 24.0 Å². The summed E-state index contributed by atoms with van der Waals surface area (Å²) in [5.41, 5.74) is 0. The standard InChI is InChI=1S/C19H33NO5S3/c1-3-4-5-6-7-8-9-10-11-12-15-26-18(23)28(24,25)27-19(2,16-20)14-13-17(21)22/h3-15H2,1-2H3,(H,21,22). The van der Waals surface area contributed by atoms with Crippen LogP contribution in [-0.4, -0.2) is 34.4 Å². The average molecular weight is 452 g/mol. The van der Waals surface area contributed by atoms with Gasteiger partial charge in [0, 0.05) is 12.2 Å². The minimum Gasteiger partial charge on any atom is -0.481 e. The van der Waals surface area contributed by atoms with Crippen LogP contribution in [0.15, 0.2) is 0 Å². The Morgan fingerprint density at radius 2 is 1.50 bits per heavy atom. The summed E-state index contributed by atoms with van der Waals surface area (Å²) in [5, 5.41) is 17.9. The van der Waals surface area contributed by atoms with E-state index >= 15 is 0 Å². The van der Waals surface area contributed by atoms with Gasteiger partial charge in [0.1, 0.15) is 4.75 Å². The predicted molar refractivity (Wildman–Crippen MR) is 117 cm³/mol. The Hall–Kier alpha value is -0.720. The molecule has 0 aliphatic carbocycles. The summed E-state index contributed by atoms with van der Waals surface area (Å²) in [6, 6.07) is 1.82. The Morgan fingerprint density at radius 1 is 1.00 bits per heavy atom. The van der Waals surface area contributed by atoms with Crippen molar-refractivity contribution in [2.75, 3.05) is 5.75 Å². The van der Waals surface area contributed by atoms with Crippen LogP contribution < -0.4 is 0 Å². The largest absolute Gasteiger partial charge is 0.481 e. The summed E-state index contributed by atoms with van der Waals surface area (Å²) in [7, 11) is -3.91. The minimum atomic E-state index is -4.17. The molecule has 0 rings (SSSR count). The average Bonchev–Trinajstić information content (AvgIpc) is 2.64. The molecule has 0 aromatic rings. The van der Waals surface area contributed by atoms with Crippen LogP contribution in [0, 0.1) is 11.3 Å². The molecule has 0 fully saturated rings. The fraction of sp³-hybridized carbons (Fsp3) is 0.842.